The minimum atomic E-state index is -0.300. The predicted molar refractivity (Wildman–Crippen MR) is 87.2 cm³/mol. The predicted octanol–water partition coefficient (Wildman–Crippen LogP) is 2.77. The molecule has 0 radical (unpaired) electrons. The summed E-state index contributed by atoms with van der Waals surface area (Å²) in [4.78, 5) is 6.37. The Balaban J connectivity index is 2.01. The van der Waals surface area contributed by atoms with Crippen LogP contribution in [0.2, 0.25) is 0 Å². The lowest BCUT2D eigenvalue weighted by Crippen LogP contribution is -2.13. The number of halogens is 1. The second-order valence-corrected chi connectivity index (χ2v) is 5.25. The highest BCUT2D eigenvalue weighted by atomic mass is 19.1. The van der Waals surface area contributed by atoms with E-state index in [4.69, 9.17) is 5.73 Å². The monoisotopic (exact) mass is 308 g/mol. The summed E-state index contributed by atoms with van der Waals surface area (Å²) in [6, 6.07) is 11.9. The van der Waals surface area contributed by atoms with Crippen molar-refractivity contribution in [2.45, 2.75) is 0 Å². The van der Waals surface area contributed by atoms with Crippen LogP contribution in [0.25, 0.3) is 16.7 Å². The van der Waals surface area contributed by atoms with E-state index in [0.29, 0.717) is 23.0 Å². The fraction of sp³-hybridized carbons (Fsp3) is 0.0625. The van der Waals surface area contributed by atoms with E-state index in [1.165, 1.54) is 12.1 Å². The molecule has 0 unspecified atom stereocenters. The highest BCUT2D eigenvalue weighted by molar-refractivity contribution is 5.94. The van der Waals surface area contributed by atoms with Crippen molar-refractivity contribution in [1.82, 2.24) is 19.6 Å². The van der Waals surface area contributed by atoms with E-state index in [1.807, 2.05) is 36.2 Å². The Morgan fingerprint density at radius 1 is 1.17 bits per heavy atom. The van der Waals surface area contributed by atoms with Crippen LogP contribution < -0.4 is 10.6 Å². The van der Waals surface area contributed by atoms with Crippen LogP contribution in [0.5, 0.6) is 0 Å². The average molecular weight is 308 g/mol. The minimum absolute atomic E-state index is 0.300. The van der Waals surface area contributed by atoms with E-state index in [-0.39, 0.29) is 5.82 Å². The topological polar surface area (TPSA) is 72.3 Å². The zero-order chi connectivity index (χ0) is 16.0. The molecule has 4 aromatic rings. The molecule has 2 aromatic carbocycles. The maximum absolute atomic E-state index is 13.5. The summed E-state index contributed by atoms with van der Waals surface area (Å²) < 4.78 is 15.3. The summed E-state index contributed by atoms with van der Waals surface area (Å²) in [6.07, 6.45) is 1.59. The van der Waals surface area contributed by atoms with Crippen molar-refractivity contribution >= 4 is 33.9 Å². The largest absolute Gasteiger partial charge is 0.399 e. The second kappa shape index (κ2) is 4.91. The molecule has 23 heavy (non-hydrogen) atoms. The van der Waals surface area contributed by atoms with Gasteiger partial charge in [0.25, 0.3) is 5.78 Å². The lowest BCUT2D eigenvalue weighted by molar-refractivity contribution is 0.628. The van der Waals surface area contributed by atoms with Crippen LogP contribution in [0.1, 0.15) is 0 Å². The molecule has 2 heterocycles. The van der Waals surface area contributed by atoms with E-state index in [2.05, 4.69) is 15.2 Å². The first-order valence-electron chi connectivity index (χ1n) is 7.02. The molecule has 2 N–H and O–H groups in total. The Morgan fingerprint density at radius 3 is 2.87 bits per heavy atom. The summed E-state index contributed by atoms with van der Waals surface area (Å²) in [5.74, 6) is 0.818. The van der Waals surface area contributed by atoms with Gasteiger partial charge in [0.05, 0.1) is 5.52 Å². The molecular formula is C16H13FN6. The summed E-state index contributed by atoms with van der Waals surface area (Å²) in [7, 11) is 1.83. The first-order chi connectivity index (χ1) is 11.1. The Hall–Kier alpha value is -3.22. The SMILES string of the molecule is CN(c1cccc(F)c1)c1nc2nncn2c2cc(N)ccc12. The lowest BCUT2D eigenvalue weighted by atomic mass is 10.2. The summed E-state index contributed by atoms with van der Waals surface area (Å²) in [5, 5.41) is 8.79. The zero-order valence-electron chi connectivity index (χ0n) is 12.3. The number of anilines is 3. The summed E-state index contributed by atoms with van der Waals surface area (Å²) >= 11 is 0. The third-order valence-electron chi connectivity index (χ3n) is 3.77. The van der Waals surface area contributed by atoms with Crippen LogP contribution in [-0.4, -0.2) is 26.6 Å². The molecule has 0 fully saturated rings. The first-order valence-corrected chi connectivity index (χ1v) is 7.02. The molecular weight excluding hydrogens is 295 g/mol. The Morgan fingerprint density at radius 2 is 2.04 bits per heavy atom. The van der Waals surface area contributed by atoms with Crippen LogP contribution >= 0.6 is 0 Å². The maximum Gasteiger partial charge on any atom is 0.257 e. The fourth-order valence-electron chi connectivity index (χ4n) is 2.63. The molecule has 0 spiro atoms. The molecule has 2 aromatic heterocycles. The molecule has 0 bridgehead atoms. The van der Waals surface area contributed by atoms with Crippen LogP contribution in [0.4, 0.5) is 21.6 Å². The van der Waals surface area contributed by atoms with Crippen molar-refractivity contribution in [3.63, 3.8) is 0 Å². The molecule has 0 amide bonds. The third kappa shape index (κ3) is 2.13. The van der Waals surface area contributed by atoms with Gasteiger partial charge in [0.1, 0.15) is 18.0 Å². The van der Waals surface area contributed by atoms with E-state index < -0.39 is 0 Å². The number of nitrogens with zero attached hydrogens (tertiary/aromatic N) is 5. The van der Waals surface area contributed by atoms with Crippen molar-refractivity contribution in [3.8, 4) is 0 Å². The molecule has 0 aliphatic heterocycles. The number of aromatic nitrogens is 4. The van der Waals surface area contributed by atoms with Gasteiger partial charge in [-0.25, -0.2) is 4.39 Å². The van der Waals surface area contributed by atoms with Gasteiger partial charge in [-0.3, -0.25) is 4.40 Å². The van der Waals surface area contributed by atoms with Gasteiger partial charge >= 0.3 is 0 Å². The molecule has 0 aliphatic rings. The van der Waals surface area contributed by atoms with Crippen molar-refractivity contribution in [2.75, 3.05) is 17.7 Å². The molecule has 114 valence electrons. The van der Waals surface area contributed by atoms with E-state index in [0.717, 1.165) is 10.9 Å². The van der Waals surface area contributed by atoms with Crippen molar-refractivity contribution in [1.29, 1.82) is 0 Å². The third-order valence-corrected chi connectivity index (χ3v) is 3.77. The van der Waals surface area contributed by atoms with Gasteiger partial charge in [-0.15, -0.1) is 10.2 Å². The summed E-state index contributed by atoms with van der Waals surface area (Å²) in [5.41, 5.74) is 8.08. The van der Waals surface area contributed by atoms with Gasteiger partial charge in [-0.1, -0.05) is 6.07 Å². The van der Waals surface area contributed by atoms with Crippen LogP contribution in [0, 0.1) is 5.82 Å². The minimum Gasteiger partial charge on any atom is -0.399 e. The van der Waals surface area contributed by atoms with Gasteiger partial charge < -0.3 is 10.6 Å². The van der Waals surface area contributed by atoms with E-state index in [9.17, 15) is 4.39 Å². The number of benzene rings is 2. The van der Waals surface area contributed by atoms with Crippen LogP contribution in [0.15, 0.2) is 48.8 Å². The molecule has 0 atom stereocenters. The van der Waals surface area contributed by atoms with Gasteiger partial charge in [-0.05, 0) is 36.4 Å². The molecule has 0 saturated heterocycles. The second-order valence-electron chi connectivity index (χ2n) is 5.25. The molecule has 4 rings (SSSR count). The maximum atomic E-state index is 13.5. The molecule has 0 saturated carbocycles. The van der Waals surface area contributed by atoms with E-state index in [1.54, 1.807) is 16.8 Å². The van der Waals surface area contributed by atoms with Gasteiger partial charge in [0, 0.05) is 23.8 Å². The fourth-order valence-corrected chi connectivity index (χ4v) is 2.63. The standard InChI is InChI=1S/C16H13FN6/c1-22(12-4-2-3-10(17)7-12)15-13-6-5-11(18)8-14(13)23-9-19-21-16(23)20-15/h2-9H,18H2,1H3. The van der Waals surface area contributed by atoms with Crippen molar-refractivity contribution < 1.29 is 4.39 Å². The van der Waals surface area contributed by atoms with Crippen molar-refractivity contribution in [2.24, 2.45) is 0 Å². The number of hydrogen-bond donors (Lipinski definition) is 1. The quantitative estimate of drug-likeness (QED) is 0.576. The number of nitrogens with two attached hydrogens (primary N) is 1. The number of hydrogen-bond acceptors (Lipinski definition) is 5. The Bertz CT molecular complexity index is 1030. The zero-order valence-corrected chi connectivity index (χ0v) is 12.3. The number of fused-ring (bicyclic) bond motifs is 3. The highest BCUT2D eigenvalue weighted by Crippen LogP contribution is 2.31. The molecule has 0 aliphatic carbocycles. The average Bonchev–Trinajstić information content (AvgIpc) is 3.02. The van der Waals surface area contributed by atoms with Crippen LogP contribution in [-0.2, 0) is 0 Å². The summed E-state index contributed by atoms with van der Waals surface area (Å²) in [6.45, 7) is 0. The smallest absolute Gasteiger partial charge is 0.257 e. The number of nitrogen functional groups attached to an aromatic ring is 1. The normalized spacial score (nSPS) is 11.2. The Kier molecular flexibility index (Phi) is 2.87. The Labute approximate surface area is 131 Å². The van der Waals surface area contributed by atoms with Crippen LogP contribution in [0.3, 0.4) is 0 Å². The van der Waals surface area contributed by atoms with E-state index >= 15 is 0 Å². The lowest BCUT2D eigenvalue weighted by Gasteiger charge is -2.20. The van der Waals surface area contributed by atoms with Gasteiger partial charge in [-0.2, -0.15) is 4.98 Å². The highest BCUT2D eigenvalue weighted by Gasteiger charge is 2.15. The number of rotatable bonds is 2. The molecule has 6 nitrogen and oxygen atoms in total. The van der Waals surface area contributed by atoms with Gasteiger partial charge in [0.15, 0.2) is 0 Å². The molecule has 7 heteroatoms. The van der Waals surface area contributed by atoms with Crippen molar-refractivity contribution in [3.05, 3.63) is 54.6 Å². The first kappa shape index (κ1) is 13.4. The van der Waals surface area contributed by atoms with Gasteiger partial charge in [0.2, 0.25) is 0 Å².